The standard InChI is InChI=1S/C18H33NO2/c1-17(2)14-7-8-18(17,3)16(11-14)21-13-15(20)12-19-9-5-4-6-10-19/h14-16,20H,4-13H2,1-3H3/t14-,15-,16+,18-/m0/s1. The van der Waals surface area contributed by atoms with Crippen molar-refractivity contribution in [3.8, 4) is 0 Å². The van der Waals surface area contributed by atoms with Gasteiger partial charge >= 0.3 is 0 Å². The summed E-state index contributed by atoms with van der Waals surface area (Å²) in [6.45, 7) is 10.8. The molecule has 1 aliphatic heterocycles. The van der Waals surface area contributed by atoms with Crippen molar-refractivity contribution >= 4 is 0 Å². The molecule has 3 nitrogen and oxygen atoms in total. The van der Waals surface area contributed by atoms with Crippen LogP contribution in [-0.4, -0.2) is 48.5 Å². The zero-order valence-corrected chi connectivity index (χ0v) is 14.1. The fraction of sp³-hybridized carbons (Fsp3) is 1.00. The maximum atomic E-state index is 10.3. The smallest absolute Gasteiger partial charge is 0.0900 e. The Morgan fingerprint density at radius 1 is 1.19 bits per heavy atom. The molecule has 0 unspecified atom stereocenters. The van der Waals surface area contributed by atoms with Crippen LogP contribution in [0.5, 0.6) is 0 Å². The Morgan fingerprint density at radius 3 is 2.48 bits per heavy atom. The fourth-order valence-corrected chi connectivity index (χ4v) is 5.10. The van der Waals surface area contributed by atoms with Crippen molar-refractivity contribution < 1.29 is 9.84 Å². The molecule has 0 spiro atoms. The van der Waals surface area contributed by atoms with Crippen molar-refractivity contribution in [2.75, 3.05) is 26.2 Å². The lowest BCUT2D eigenvalue weighted by atomic mass is 9.70. The average Bonchev–Trinajstić information content (AvgIpc) is 2.79. The molecule has 0 amide bonds. The number of likely N-dealkylation sites (tertiary alicyclic amines) is 1. The normalized spacial score (nSPS) is 40.6. The second kappa shape index (κ2) is 5.82. The maximum Gasteiger partial charge on any atom is 0.0900 e. The molecule has 1 saturated heterocycles. The van der Waals surface area contributed by atoms with Crippen LogP contribution >= 0.6 is 0 Å². The molecule has 3 heteroatoms. The molecule has 0 aromatic heterocycles. The van der Waals surface area contributed by atoms with Crippen LogP contribution in [0.4, 0.5) is 0 Å². The van der Waals surface area contributed by atoms with Crippen LogP contribution in [0.1, 0.15) is 59.3 Å². The molecule has 2 bridgehead atoms. The Balaban J connectivity index is 1.47. The summed E-state index contributed by atoms with van der Waals surface area (Å²) in [5, 5.41) is 10.3. The first-order valence-corrected chi connectivity index (χ1v) is 8.95. The van der Waals surface area contributed by atoms with E-state index in [9.17, 15) is 5.11 Å². The van der Waals surface area contributed by atoms with Gasteiger partial charge in [0.2, 0.25) is 0 Å². The number of aliphatic hydroxyl groups is 1. The van der Waals surface area contributed by atoms with Gasteiger partial charge < -0.3 is 14.7 Å². The van der Waals surface area contributed by atoms with Crippen molar-refractivity contribution in [2.45, 2.75) is 71.5 Å². The van der Waals surface area contributed by atoms with Gasteiger partial charge in [-0.2, -0.15) is 0 Å². The van der Waals surface area contributed by atoms with E-state index in [0.717, 1.165) is 25.6 Å². The number of rotatable bonds is 5. The van der Waals surface area contributed by atoms with Gasteiger partial charge in [-0.3, -0.25) is 0 Å². The topological polar surface area (TPSA) is 32.7 Å². The van der Waals surface area contributed by atoms with Crippen molar-refractivity contribution in [3.05, 3.63) is 0 Å². The summed E-state index contributed by atoms with van der Waals surface area (Å²) < 4.78 is 6.20. The lowest BCUT2D eigenvalue weighted by molar-refractivity contribution is -0.0798. The zero-order chi connectivity index (χ0) is 15.1. The molecule has 4 atom stereocenters. The quantitative estimate of drug-likeness (QED) is 0.846. The molecule has 1 N–H and O–H groups in total. The minimum atomic E-state index is -0.325. The second-order valence-corrected chi connectivity index (χ2v) is 8.45. The molecule has 1 heterocycles. The minimum Gasteiger partial charge on any atom is -0.389 e. The second-order valence-electron chi connectivity index (χ2n) is 8.45. The van der Waals surface area contributed by atoms with Gasteiger partial charge in [-0.25, -0.2) is 0 Å². The van der Waals surface area contributed by atoms with E-state index in [4.69, 9.17) is 4.74 Å². The molecule has 122 valence electrons. The van der Waals surface area contributed by atoms with Gasteiger partial charge in [0, 0.05) is 6.54 Å². The lowest BCUT2D eigenvalue weighted by Gasteiger charge is -2.39. The highest BCUT2D eigenvalue weighted by Gasteiger charge is 2.61. The molecule has 0 aromatic carbocycles. The van der Waals surface area contributed by atoms with Gasteiger partial charge in [0.25, 0.3) is 0 Å². The van der Waals surface area contributed by atoms with E-state index in [2.05, 4.69) is 25.7 Å². The third-order valence-corrected chi connectivity index (χ3v) is 7.12. The summed E-state index contributed by atoms with van der Waals surface area (Å²) in [7, 11) is 0. The van der Waals surface area contributed by atoms with Crippen LogP contribution in [0.15, 0.2) is 0 Å². The largest absolute Gasteiger partial charge is 0.389 e. The van der Waals surface area contributed by atoms with Crippen LogP contribution < -0.4 is 0 Å². The van der Waals surface area contributed by atoms with Crippen LogP contribution in [-0.2, 0) is 4.74 Å². The Morgan fingerprint density at radius 2 is 1.90 bits per heavy atom. The Kier molecular flexibility index (Phi) is 4.37. The van der Waals surface area contributed by atoms with E-state index in [1.807, 2.05) is 0 Å². The molecule has 0 radical (unpaired) electrons. The van der Waals surface area contributed by atoms with Gasteiger partial charge in [0.05, 0.1) is 18.8 Å². The summed E-state index contributed by atoms with van der Waals surface area (Å²) in [6.07, 6.45) is 7.78. The van der Waals surface area contributed by atoms with Crippen molar-refractivity contribution in [2.24, 2.45) is 16.7 Å². The zero-order valence-electron chi connectivity index (χ0n) is 14.1. The number of fused-ring (bicyclic) bond motifs is 2. The Labute approximate surface area is 130 Å². The number of ether oxygens (including phenoxy) is 1. The summed E-state index contributed by atoms with van der Waals surface area (Å²) in [5.74, 6) is 0.812. The average molecular weight is 295 g/mol. The highest BCUT2D eigenvalue weighted by Crippen LogP contribution is 2.66. The summed E-state index contributed by atoms with van der Waals surface area (Å²) in [4.78, 5) is 2.39. The first-order valence-electron chi connectivity index (χ1n) is 8.95. The Hall–Kier alpha value is -0.120. The summed E-state index contributed by atoms with van der Waals surface area (Å²) in [6, 6.07) is 0. The fourth-order valence-electron chi connectivity index (χ4n) is 5.10. The summed E-state index contributed by atoms with van der Waals surface area (Å²) in [5.41, 5.74) is 0.706. The van der Waals surface area contributed by atoms with E-state index in [1.165, 1.54) is 38.5 Å². The maximum absolute atomic E-state index is 10.3. The number of β-amino-alcohol motifs (C(OH)–C–C–N with tert-alkyl or cyclic N) is 1. The SMILES string of the molecule is CC1(C)[C@H]2CC[C@@]1(C)[C@H](OC[C@@H](O)CN1CCCCC1)C2. The molecule has 3 aliphatic rings. The van der Waals surface area contributed by atoms with Gasteiger partial charge in [0.1, 0.15) is 0 Å². The highest BCUT2D eigenvalue weighted by molar-refractivity contribution is 5.11. The van der Waals surface area contributed by atoms with Gasteiger partial charge in [-0.1, -0.05) is 27.2 Å². The van der Waals surface area contributed by atoms with E-state index < -0.39 is 0 Å². The molecular weight excluding hydrogens is 262 g/mol. The number of nitrogens with zero attached hydrogens (tertiary/aromatic N) is 1. The molecular formula is C18H33NO2. The van der Waals surface area contributed by atoms with E-state index in [1.54, 1.807) is 0 Å². The van der Waals surface area contributed by atoms with Crippen molar-refractivity contribution in [1.29, 1.82) is 0 Å². The molecule has 3 fully saturated rings. The first-order chi connectivity index (χ1) is 9.93. The number of hydrogen-bond donors (Lipinski definition) is 1. The lowest BCUT2D eigenvalue weighted by Crippen LogP contribution is -2.41. The molecule has 3 rings (SSSR count). The van der Waals surface area contributed by atoms with Crippen LogP contribution in [0.3, 0.4) is 0 Å². The number of piperidine rings is 1. The third kappa shape index (κ3) is 2.77. The predicted octanol–water partition coefficient (Wildman–Crippen LogP) is 3.06. The molecule has 21 heavy (non-hydrogen) atoms. The van der Waals surface area contributed by atoms with Crippen LogP contribution in [0.2, 0.25) is 0 Å². The van der Waals surface area contributed by atoms with E-state index in [-0.39, 0.29) is 6.10 Å². The monoisotopic (exact) mass is 295 g/mol. The van der Waals surface area contributed by atoms with E-state index in [0.29, 0.717) is 23.5 Å². The summed E-state index contributed by atoms with van der Waals surface area (Å²) >= 11 is 0. The van der Waals surface area contributed by atoms with Crippen LogP contribution in [0, 0.1) is 16.7 Å². The molecule has 2 aliphatic carbocycles. The predicted molar refractivity (Wildman–Crippen MR) is 85.3 cm³/mol. The number of aliphatic hydroxyl groups excluding tert-OH is 1. The third-order valence-electron chi connectivity index (χ3n) is 7.12. The first kappa shape index (κ1) is 15.8. The molecule has 0 aromatic rings. The number of hydrogen-bond acceptors (Lipinski definition) is 3. The van der Waals surface area contributed by atoms with Gasteiger partial charge in [-0.15, -0.1) is 0 Å². The molecule has 2 saturated carbocycles. The van der Waals surface area contributed by atoms with Gasteiger partial charge in [-0.05, 0) is 61.9 Å². The van der Waals surface area contributed by atoms with Gasteiger partial charge in [0.15, 0.2) is 0 Å². The highest BCUT2D eigenvalue weighted by atomic mass is 16.5. The van der Waals surface area contributed by atoms with Crippen molar-refractivity contribution in [1.82, 2.24) is 4.90 Å². The van der Waals surface area contributed by atoms with E-state index >= 15 is 0 Å². The minimum absolute atomic E-state index is 0.308. The Bertz CT molecular complexity index is 364. The van der Waals surface area contributed by atoms with Crippen LogP contribution in [0.25, 0.3) is 0 Å². The van der Waals surface area contributed by atoms with Crippen molar-refractivity contribution in [3.63, 3.8) is 0 Å².